The summed E-state index contributed by atoms with van der Waals surface area (Å²) < 4.78 is 6.13. The Kier molecular flexibility index (Phi) is 7.05. The molecule has 0 saturated carbocycles. The number of rotatable bonds is 5. The Morgan fingerprint density at radius 3 is 1.87 bits per heavy atom. The van der Waals surface area contributed by atoms with Crippen molar-refractivity contribution in [2.24, 2.45) is 0 Å². The fourth-order valence-electron chi connectivity index (χ4n) is 7.23. The predicted octanol–water partition coefficient (Wildman–Crippen LogP) is 13.6. The zero-order valence-electron chi connectivity index (χ0n) is 28.0. The standard InChI is InChI=1S/C46H26N4S3/c1-2-10-27(11-3-1)43-48-44(30-20-22-33-32-14-4-6-17-37(32)52-41(33)26-30)50-45(49-43)34-15-9-19-40-42(34)35-25-29(21-23-38(35)51-40)28-12-8-13-31(24-28)46-47-36-16-5-7-18-39(36)53-46/h1-26H. The fraction of sp³-hybridized carbons (Fsp3) is 0. The SMILES string of the molecule is c1ccc(-c2nc(-c3ccc4c(c3)sc3ccccc34)nc(-c3cccc4sc5ccc(-c6cccc(-c7nc8ccccc8s7)c6)cc5c34)n2)cc1. The predicted molar refractivity (Wildman–Crippen MR) is 226 cm³/mol. The summed E-state index contributed by atoms with van der Waals surface area (Å²) in [7, 11) is 0. The van der Waals surface area contributed by atoms with Gasteiger partial charge in [0, 0.05) is 62.6 Å². The van der Waals surface area contributed by atoms with Gasteiger partial charge in [-0.25, -0.2) is 19.9 Å². The summed E-state index contributed by atoms with van der Waals surface area (Å²) in [5.41, 5.74) is 7.41. The summed E-state index contributed by atoms with van der Waals surface area (Å²) in [5.74, 6) is 1.99. The molecule has 0 saturated heterocycles. The van der Waals surface area contributed by atoms with E-state index in [1.165, 1.54) is 39.7 Å². The minimum atomic E-state index is 0.658. The number of fused-ring (bicyclic) bond motifs is 7. The topological polar surface area (TPSA) is 51.6 Å². The van der Waals surface area contributed by atoms with Crippen molar-refractivity contribution >= 4 is 84.6 Å². The van der Waals surface area contributed by atoms with Crippen LogP contribution in [0.5, 0.6) is 0 Å². The third-order valence-corrected chi connectivity index (χ3v) is 13.1. The van der Waals surface area contributed by atoms with E-state index in [1.54, 1.807) is 34.0 Å². The lowest BCUT2D eigenvalue weighted by molar-refractivity contribution is 1.08. The molecule has 0 fully saturated rings. The Morgan fingerprint density at radius 2 is 0.962 bits per heavy atom. The van der Waals surface area contributed by atoms with E-state index < -0.39 is 0 Å². The van der Waals surface area contributed by atoms with Crippen LogP contribution in [0.4, 0.5) is 0 Å². The molecule has 7 aromatic carbocycles. The van der Waals surface area contributed by atoms with Gasteiger partial charge >= 0.3 is 0 Å². The van der Waals surface area contributed by atoms with Gasteiger partial charge in [0.2, 0.25) is 0 Å². The van der Waals surface area contributed by atoms with Gasteiger partial charge in [-0.3, -0.25) is 0 Å². The minimum Gasteiger partial charge on any atom is -0.236 e. The first-order chi connectivity index (χ1) is 26.2. The van der Waals surface area contributed by atoms with Crippen molar-refractivity contribution in [3.63, 3.8) is 0 Å². The summed E-state index contributed by atoms with van der Waals surface area (Å²) in [6, 6.07) is 55.7. The summed E-state index contributed by atoms with van der Waals surface area (Å²) in [6.45, 7) is 0. The molecular formula is C46H26N4S3. The van der Waals surface area contributed by atoms with Crippen LogP contribution in [0, 0.1) is 0 Å². The lowest BCUT2D eigenvalue weighted by Crippen LogP contribution is -2.00. The van der Waals surface area contributed by atoms with E-state index in [0.29, 0.717) is 17.5 Å². The van der Waals surface area contributed by atoms with E-state index in [1.807, 2.05) is 24.3 Å². The smallest absolute Gasteiger partial charge is 0.164 e. The molecule has 0 unspecified atom stereocenters. The maximum absolute atomic E-state index is 5.22. The molecule has 0 amide bonds. The van der Waals surface area contributed by atoms with E-state index in [2.05, 4.69) is 133 Å². The third kappa shape index (κ3) is 5.24. The maximum atomic E-state index is 5.22. The Bertz CT molecular complexity index is 3160. The number of hydrogen-bond acceptors (Lipinski definition) is 7. The molecule has 0 aliphatic carbocycles. The van der Waals surface area contributed by atoms with E-state index in [-0.39, 0.29) is 0 Å². The first kappa shape index (κ1) is 30.5. The molecule has 248 valence electrons. The highest BCUT2D eigenvalue weighted by atomic mass is 32.1. The molecule has 0 N–H and O–H groups in total. The summed E-state index contributed by atoms with van der Waals surface area (Å²) in [6.07, 6.45) is 0. The molecule has 4 heterocycles. The largest absolute Gasteiger partial charge is 0.236 e. The highest BCUT2D eigenvalue weighted by Crippen LogP contribution is 2.42. The van der Waals surface area contributed by atoms with E-state index >= 15 is 0 Å². The molecule has 53 heavy (non-hydrogen) atoms. The van der Waals surface area contributed by atoms with Crippen molar-refractivity contribution in [3.8, 4) is 55.9 Å². The van der Waals surface area contributed by atoms with Gasteiger partial charge in [0.05, 0.1) is 10.2 Å². The minimum absolute atomic E-state index is 0.658. The molecule has 0 spiro atoms. The molecular weight excluding hydrogens is 705 g/mol. The van der Waals surface area contributed by atoms with Crippen molar-refractivity contribution in [1.82, 2.24) is 19.9 Å². The van der Waals surface area contributed by atoms with Crippen LogP contribution in [-0.2, 0) is 0 Å². The Morgan fingerprint density at radius 1 is 0.321 bits per heavy atom. The van der Waals surface area contributed by atoms with Crippen LogP contribution in [0.2, 0.25) is 0 Å². The monoisotopic (exact) mass is 730 g/mol. The molecule has 4 nitrogen and oxygen atoms in total. The zero-order valence-corrected chi connectivity index (χ0v) is 30.5. The van der Waals surface area contributed by atoms with Gasteiger partial charge in [-0.15, -0.1) is 34.0 Å². The zero-order chi connectivity index (χ0) is 34.9. The molecule has 0 atom stereocenters. The lowest BCUT2D eigenvalue weighted by Gasteiger charge is -2.10. The summed E-state index contributed by atoms with van der Waals surface area (Å²) in [4.78, 5) is 20.4. The molecule has 11 rings (SSSR count). The molecule has 0 aliphatic rings. The number of para-hydroxylation sites is 1. The van der Waals surface area contributed by atoms with E-state index in [9.17, 15) is 0 Å². The first-order valence-electron chi connectivity index (χ1n) is 17.4. The molecule has 11 aromatic rings. The van der Waals surface area contributed by atoms with Gasteiger partial charge in [-0.05, 0) is 59.7 Å². The van der Waals surface area contributed by atoms with Gasteiger partial charge in [0.25, 0.3) is 0 Å². The summed E-state index contributed by atoms with van der Waals surface area (Å²) >= 11 is 5.34. The van der Waals surface area contributed by atoms with Crippen LogP contribution in [0.15, 0.2) is 158 Å². The van der Waals surface area contributed by atoms with Gasteiger partial charge < -0.3 is 0 Å². The highest BCUT2D eigenvalue weighted by molar-refractivity contribution is 7.26. The van der Waals surface area contributed by atoms with Crippen LogP contribution in [0.3, 0.4) is 0 Å². The van der Waals surface area contributed by atoms with Gasteiger partial charge in [0.15, 0.2) is 17.5 Å². The Balaban J connectivity index is 1.07. The Labute approximate surface area is 316 Å². The van der Waals surface area contributed by atoms with Crippen LogP contribution >= 0.6 is 34.0 Å². The fourth-order valence-corrected chi connectivity index (χ4v) is 10.4. The number of aromatic nitrogens is 4. The third-order valence-electron chi connectivity index (χ3n) is 9.78. The molecule has 0 aliphatic heterocycles. The van der Waals surface area contributed by atoms with E-state index in [0.717, 1.165) is 49.3 Å². The van der Waals surface area contributed by atoms with Crippen LogP contribution in [-0.4, -0.2) is 19.9 Å². The number of nitrogens with zero attached hydrogens (tertiary/aromatic N) is 4. The van der Waals surface area contributed by atoms with Crippen molar-refractivity contribution in [2.75, 3.05) is 0 Å². The van der Waals surface area contributed by atoms with Gasteiger partial charge in [0.1, 0.15) is 5.01 Å². The van der Waals surface area contributed by atoms with Gasteiger partial charge in [-0.2, -0.15) is 0 Å². The van der Waals surface area contributed by atoms with Crippen molar-refractivity contribution < 1.29 is 0 Å². The van der Waals surface area contributed by atoms with Crippen molar-refractivity contribution in [2.45, 2.75) is 0 Å². The van der Waals surface area contributed by atoms with E-state index in [4.69, 9.17) is 19.9 Å². The quantitative estimate of drug-likeness (QED) is 0.177. The average Bonchev–Trinajstić information content (AvgIpc) is 3.94. The maximum Gasteiger partial charge on any atom is 0.164 e. The van der Waals surface area contributed by atoms with Crippen LogP contribution in [0.25, 0.3) is 106 Å². The number of thiophene rings is 2. The molecule has 0 radical (unpaired) electrons. The molecule has 4 aromatic heterocycles. The number of thiazole rings is 1. The van der Waals surface area contributed by atoms with Crippen LogP contribution in [0.1, 0.15) is 0 Å². The second-order valence-electron chi connectivity index (χ2n) is 13.0. The highest BCUT2D eigenvalue weighted by Gasteiger charge is 2.18. The summed E-state index contributed by atoms with van der Waals surface area (Å²) in [5, 5.41) is 5.91. The number of hydrogen-bond donors (Lipinski definition) is 0. The van der Waals surface area contributed by atoms with Crippen LogP contribution < -0.4 is 0 Å². The normalized spacial score (nSPS) is 11.8. The number of benzene rings is 7. The average molecular weight is 731 g/mol. The van der Waals surface area contributed by atoms with Gasteiger partial charge in [-0.1, -0.05) is 109 Å². The molecule has 0 bridgehead atoms. The second-order valence-corrected chi connectivity index (χ2v) is 16.2. The molecule has 7 heteroatoms. The van der Waals surface area contributed by atoms with Crippen molar-refractivity contribution in [1.29, 1.82) is 0 Å². The first-order valence-corrected chi connectivity index (χ1v) is 19.8. The second kappa shape index (κ2) is 12.2. The van der Waals surface area contributed by atoms with Crippen molar-refractivity contribution in [3.05, 3.63) is 158 Å². The Hall–Kier alpha value is -6.12. The lowest BCUT2D eigenvalue weighted by atomic mass is 9.99.